The molecule has 0 rings (SSSR count). The fourth-order valence-electron chi connectivity index (χ4n) is 9.70. The standard InChI is InChI=1S/C71H126O6/c1-4-7-10-13-16-19-22-25-28-30-31-32-33-34-35-36-37-38-39-40-41-44-46-49-52-55-58-61-64-70(73)76-67-68(66-75-69(72)63-60-57-54-51-48-45-42-27-24-21-18-15-12-9-6-3)77-71(74)65-62-59-56-53-50-47-43-29-26-23-20-17-14-11-8-5-2/h9,12,18,20-21,23,27,29,42-43,48,51,68H,4-8,10-11,13-17,19,22,24-26,28,30-41,44-47,49-50,52-67H2,1-3H3/b12-9-,21-18-,23-20-,42-27-,43-29-,51-48-. The minimum atomic E-state index is -0.800. The summed E-state index contributed by atoms with van der Waals surface area (Å²) < 4.78 is 16.9. The molecule has 0 aliphatic rings. The van der Waals surface area contributed by atoms with Crippen LogP contribution < -0.4 is 0 Å². The topological polar surface area (TPSA) is 78.9 Å². The summed E-state index contributed by atoms with van der Waals surface area (Å²) in [7, 11) is 0. The van der Waals surface area contributed by atoms with Crippen molar-refractivity contribution in [2.75, 3.05) is 13.2 Å². The number of carbonyl (C=O) groups is 3. The molecule has 6 heteroatoms. The van der Waals surface area contributed by atoms with Gasteiger partial charge in [0.25, 0.3) is 0 Å². The van der Waals surface area contributed by atoms with Gasteiger partial charge in [0.1, 0.15) is 13.2 Å². The molecule has 0 amide bonds. The Hall–Kier alpha value is -3.15. The van der Waals surface area contributed by atoms with Gasteiger partial charge in [0.2, 0.25) is 0 Å². The van der Waals surface area contributed by atoms with Crippen LogP contribution in [0.15, 0.2) is 72.9 Å². The number of carbonyl (C=O) groups excluding carboxylic acids is 3. The van der Waals surface area contributed by atoms with E-state index in [9.17, 15) is 14.4 Å². The number of rotatable bonds is 61. The Balaban J connectivity index is 4.26. The zero-order valence-corrected chi connectivity index (χ0v) is 51.2. The average Bonchev–Trinajstić information content (AvgIpc) is 3.43. The molecule has 77 heavy (non-hydrogen) atoms. The van der Waals surface area contributed by atoms with Crippen molar-refractivity contribution in [1.82, 2.24) is 0 Å². The average molecular weight is 1080 g/mol. The minimum absolute atomic E-state index is 0.0918. The molecule has 0 fully saturated rings. The molecule has 0 aromatic heterocycles. The van der Waals surface area contributed by atoms with E-state index >= 15 is 0 Å². The van der Waals surface area contributed by atoms with Crippen LogP contribution in [0.1, 0.15) is 342 Å². The zero-order valence-electron chi connectivity index (χ0n) is 51.2. The van der Waals surface area contributed by atoms with E-state index in [1.54, 1.807) is 0 Å². The van der Waals surface area contributed by atoms with E-state index in [4.69, 9.17) is 14.2 Å². The highest BCUT2D eigenvalue weighted by Crippen LogP contribution is 2.18. The Kier molecular flexibility index (Phi) is 62.7. The molecule has 0 aromatic carbocycles. The highest BCUT2D eigenvalue weighted by molar-refractivity contribution is 5.71. The van der Waals surface area contributed by atoms with Crippen LogP contribution >= 0.6 is 0 Å². The Morgan fingerprint density at radius 1 is 0.273 bits per heavy atom. The van der Waals surface area contributed by atoms with Crippen LogP contribution in [0.3, 0.4) is 0 Å². The van der Waals surface area contributed by atoms with Gasteiger partial charge in [0.15, 0.2) is 6.10 Å². The maximum Gasteiger partial charge on any atom is 0.306 e. The van der Waals surface area contributed by atoms with E-state index < -0.39 is 6.10 Å². The molecule has 0 saturated heterocycles. The second-order valence-corrected chi connectivity index (χ2v) is 22.4. The fourth-order valence-corrected chi connectivity index (χ4v) is 9.70. The largest absolute Gasteiger partial charge is 0.462 e. The van der Waals surface area contributed by atoms with E-state index in [0.29, 0.717) is 19.3 Å². The molecule has 0 N–H and O–H groups in total. The molecule has 0 saturated carbocycles. The highest BCUT2D eigenvalue weighted by Gasteiger charge is 2.19. The number of unbranched alkanes of at least 4 members (excludes halogenated alkanes) is 38. The maximum absolute atomic E-state index is 12.9. The Morgan fingerprint density at radius 3 is 0.831 bits per heavy atom. The van der Waals surface area contributed by atoms with Crippen molar-refractivity contribution in [3.63, 3.8) is 0 Å². The first kappa shape index (κ1) is 73.8. The quantitative estimate of drug-likeness (QED) is 0.0261. The molecule has 446 valence electrons. The Morgan fingerprint density at radius 2 is 0.506 bits per heavy atom. The summed E-state index contributed by atoms with van der Waals surface area (Å²) in [5.41, 5.74) is 0. The van der Waals surface area contributed by atoms with Crippen LogP contribution in [0.25, 0.3) is 0 Å². The van der Waals surface area contributed by atoms with Crippen molar-refractivity contribution in [3.05, 3.63) is 72.9 Å². The Labute approximate surface area is 478 Å². The van der Waals surface area contributed by atoms with Crippen LogP contribution in [0.2, 0.25) is 0 Å². The van der Waals surface area contributed by atoms with Crippen molar-refractivity contribution >= 4 is 17.9 Å². The number of ether oxygens (including phenoxy) is 3. The third kappa shape index (κ3) is 63.6. The third-order valence-corrected chi connectivity index (χ3v) is 14.7. The van der Waals surface area contributed by atoms with E-state index in [0.717, 1.165) is 109 Å². The molecular formula is C71H126O6. The fraction of sp³-hybridized carbons (Fsp3) is 0.789. The second kappa shape index (κ2) is 65.4. The number of esters is 3. The predicted molar refractivity (Wildman–Crippen MR) is 335 cm³/mol. The summed E-state index contributed by atoms with van der Waals surface area (Å²) in [5, 5.41) is 0. The first-order valence-electron chi connectivity index (χ1n) is 33.4. The lowest BCUT2D eigenvalue weighted by Gasteiger charge is -2.18. The molecule has 6 nitrogen and oxygen atoms in total. The molecule has 0 aliphatic heterocycles. The molecular weight excluding hydrogens is 949 g/mol. The normalized spacial score (nSPS) is 12.5. The molecule has 0 aliphatic carbocycles. The van der Waals surface area contributed by atoms with Crippen LogP contribution in [0, 0.1) is 0 Å². The van der Waals surface area contributed by atoms with Gasteiger partial charge in [-0.2, -0.15) is 0 Å². The first-order chi connectivity index (χ1) is 38.0. The smallest absolute Gasteiger partial charge is 0.306 e. The van der Waals surface area contributed by atoms with Gasteiger partial charge in [0, 0.05) is 19.3 Å². The van der Waals surface area contributed by atoms with Crippen LogP contribution in [0.5, 0.6) is 0 Å². The van der Waals surface area contributed by atoms with Crippen molar-refractivity contribution in [3.8, 4) is 0 Å². The van der Waals surface area contributed by atoms with Gasteiger partial charge in [-0.1, -0.05) is 306 Å². The van der Waals surface area contributed by atoms with Gasteiger partial charge in [-0.15, -0.1) is 0 Å². The molecule has 1 atom stereocenters. The van der Waals surface area contributed by atoms with Crippen LogP contribution in [-0.2, 0) is 28.6 Å². The van der Waals surface area contributed by atoms with E-state index in [2.05, 4.69) is 93.7 Å². The maximum atomic E-state index is 12.9. The molecule has 0 bridgehead atoms. The number of hydrogen-bond acceptors (Lipinski definition) is 6. The van der Waals surface area contributed by atoms with Gasteiger partial charge in [0.05, 0.1) is 0 Å². The summed E-state index contributed by atoms with van der Waals surface area (Å²) >= 11 is 0. The van der Waals surface area contributed by atoms with E-state index in [-0.39, 0.29) is 31.1 Å². The van der Waals surface area contributed by atoms with Gasteiger partial charge in [-0.25, -0.2) is 0 Å². The summed E-state index contributed by atoms with van der Waals surface area (Å²) in [4.78, 5) is 38.3. The molecule has 0 spiro atoms. The van der Waals surface area contributed by atoms with E-state index in [1.807, 2.05) is 0 Å². The van der Waals surface area contributed by atoms with Gasteiger partial charge >= 0.3 is 17.9 Å². The lowest BCUT2D eigenvalue weighted by molar-refractivity contribution is -0.167. The summed E-state index contributed by atoms with van der Waals surface area (Å²) in [6, 6.07) is 0. The predicted octanol–water partition coefficient (Wildman–Crippen LogP) is 22.9. The second-order valence-electron chi connectivity index (χ2n) is 22.4. The number of hydrogen-bond donors (Lipinski definition) is 0. The third-order valence-electron chi connectivity index (χ3n) is 14.7. The van der Waals surface area contributed by atoms with Crippen molar-refractivity contribution in [2.24, 2.45) is 0 Å². The monoisotopic (exact) mass is 1070 g/mol. The Bertz CT molecular complexity index is 1420. The molecule has 0 aromatic rings. The summed E-state index contributed by atoms with van der Waals surface area (Å²) in [5.74, 6) is -0.934. The minimum Gasteiger partial charge on any atom is -0.462 e. The van der Waals surface area contributed by atoms with Gasteiger partial charge < -0.3 is 14.2 Å². The van der Waals surface area contributed by atoms with Gasteiger partial charge in [-0.05, 0) is 89.9 Å². The SMILES string of the molecule is CC/C=C\C/C=C\C/C=C\C/C=C\CCCCC(=O)OCC(COC(=O)CCCCCCCCCCCCCCCCCCCCCCCCCCCCCC)OC(=O)CCCCCCC/C=C\C/C=C\CCCCCC. The lowest BCUT2D eigenvalue weighted by Crippen LogP contribution is -2.30. The highest BCUT2D eigenvalue weighted by atomic mass is 16.6. The lowest BCUT2D eigenvalue weighted by atomic mass is 10.0. The van der Waals surface area contributed by atoms with E-state index in [1.165, 1.54) is 193 Å². The van der Waals surface area contributed by atoms with Gasteiger partial charge in [-0.3, -0.25) is 14.4 Å². The zero-order chi connectivity index (χ0) is 55.7. The molecule has 0 radical (unpaired) electrons. The van der Waals surface area contributed by atoms with Crippen molar-refractivity contribution < 1.29 is 28.6 Å². The first-order valence-corrected chi connectivity index (χ1v) is 33.4. The molecule has 0 heterocycles. The summed E-state index contributed by atoms with van der Waals surface area (Å²) in [6.45, 7) is 6.51. The van der Waals surface area contributed by atoms with Crippen LogP contribution in [-0.4, -0.2) is 37.2 Å². The molecule has 1 unspecified atom stereocenters. The summed E-state index contributed by atoms with van der Waals surface area (Å²) in [6.07, 6.45) is 85.1. The van der Waals surface area contributed by atoms with Crippen molar-refractivity contribution in [1.29, 1.82) is 0 Å². The van der Waals surface area contributed by atoms with Crippen molar-refractivity contribution in [2.45, 2.75) is 348 Å². The van der Waals surface area contributed by atoms with Crippen LogP contribution in [0.4, 0.5) is 0 Å². The number of allylic oxidation sites excluding steroid dienone is 12.